The predicted octanol–water partition coefficient (Wildman–Crippen LogP) is 3.72. The van der Waals surface area contributed by atoms with Crippen LogP contribution in [-0.2, 0) is 0 Å². The van der Waals surface area contributed by atoms with Gasteiger partial charge in [0.1, 0.15) is 5.02 Å². The summed E-state index contributed by atoms with van der Waals surface area (Å²) in [6, 6.07) is 0.624. The lowest BCUT2D eigenvalue weighted by Gasteiger charge is -2.45. The van der Waals surface area contributed by atoms with Gasteiger partial charge in [0.05, 0.1) is 6.20 Å². The molecular formula is C15H23ClN4. The normalized spacial score (nSPS) is 26.2. The molecule has 1 aliphatic carbocycles. The van der Waals surface area contributed by atoms with Crippen molar-refractivity contribution < 1.29 is 0 Å². The van der Waals surface area contributed by atoms with Crippen molar-refractivity contribution >= 4 is 23.4 Å². The van der Waals surface area contributed by atoms with Gasteiger partial charge in [-0.1, -0.05) is 24.4 Å². The van der Waals surface area contributed by atoms with Crippen molar-refractivity contribution in [1.82, 2.24) is 9.97 Å². The van der Waals surface area contributed by atoms with Crippen LogP contribution in [0.2, 0.25) is 5.02 Å². The van der Waals surface area contributed by atoms with Crippen molar-refractivity contribution in [1.29, 1.82) is 0 Å². The van der Waals surface area contributed by atoms with Gasteiger partial charge in [0.15, 0.2) is 5.82 Å². The lowest BCUT2D eigenvalue weighted by atomic mass is 9.78. The standard InChI is InChI=1S/C15H23ClN4/c1-2-17-15-18-10-12(16)14(19-15)20-9-5-7-11-6-3-4-8-13(11)20/h10-11,13H,2-9H2,1H3,(H,17,18,19). The number of hydrogen-bond acceptors (Lipinski definition) is 4. The zero-order chi connectivity index (χ0) is 13.9. The van der Waals surface area contributed by atoms with E-state index >= 15 is 0 Å². The molecule has 1 aromatic heterocycles. The summed E-state index contributed by atoms with van der Waals surface area (Å²) < 4.78 is 0. The first-order valence-electron chi connectivity index (χ1n) is 7.82. The molecule has 1 aromatic rings. The largest absolute Gasteiger partial charge is 0.354 e. The lowest BCUT2D eigenvalue weighted by Crippen LogP contribution is -2.47. The molecule has 0 radical (unpaired) electrons. The molecule has 20 heavy (non-hydrogen) atoms. The van der Waals surface area contributed by atoms with Crippen molar-refractivity contribution in [2.45, 2.75) is 51.5 Å². The highest BCUT2D eigenvalue weighted by molar-refractivity contribution is 6.32. The fraction of sp³-hybridized carbons (Fsp3) is 0.733. The number of piperidine rings is 1. The Hall–Kier alpha value is -1.03. The van der Waals surface area contributed by atoms with Gasteiger partial charge < -0.3 is 10.2 Å². The second-order valence-corrected chi connectivity index (χ2v) is 6.25. The van der Waals surface area contributed by atoms with Crippen LogP contribution < -0.4 is 10.2 Å². The summed E-state index contributed by atoms with van der Waals surface area (Å²) >= 11 is 6.37. The Balaban J connectivity index is 1.88. The molecule has 110 valence electrons. The summed E-state index contributed by atoms with van der Waals surface area (Å²) in [4.78, 5) is 11.3. The van der Waals surface area contributed by atoms with Gasteiger partial charge in [0.25, 0.3) is 0 Å². The van der Waals surface area contributed by atoms with E-state index in [1.54, 1.807) is 6.20 Å². The summed E-state index contributed by atoms with van der Waals surface area (Å²) in [5.74, 6) is 2.44. The molecule has 5 heteroatoms. The van der Waals surface area contributed by atoms with Crippen molar-refractivity contribution in [3.05, 3.63) is 11.2 Å². The molecule has 1 saturated heterocycles. The van der Waals surface area contributed by atoms with Crippen molar-refractivity contribution in [2.75, 3.05) is 23.3 Å². The Morgan fingerprint density at radius 1 is 1.30 bits per heavy atom. The van der Waals surface area contributed by atoms with E-state index in [2.05, 4.69) is 27.1 Å². The average Bonchev–Trinajstić information content (AvgIpc) is 2.49. The molecule has 0 spiro atoms. The minimum absolute atomic E-state index is 0.624. The summed E-state index contributed by atoms with van der Waals surface area (Å²) in [6.45, 7) is 3.95. The first kappa shape index (κ1) is 13.9. The van der Waals surface area contributed by atoms with Crippen LogP contribution in [0.5, 0.6) is 0 Å². The Morgan fingerprint density at radius 3 is 2.95 bits per heavy atom. The van der Waals surface area contributed by atoms with Crippen LogP contribution in [-0.4, -0.2) is 29.1 Å². The van der Waals surface area contributed by atoms with Gasteiger partial charge in [0.2, 0.25) is 5.95 Å². The SMILES string of the molecule is CCNc1ncc(Cl)c(N2CCCC3CCCCC32)n1. The predicted molar refractivity (Wildman–Crippen MR) is 83.5 cm³/mol. The lowest BCUT2D eigenvalue weighted by molar-refractivity contribution is 0.243. The second-order valence-electron chi connectivity index (χ2n) is 5.84. The van der Waals surface area contributed by atoms with Crippen molar-refractivity contribution in [3.8, 4) is 0 Å². The van der Waals surface area contributed by atoms with Gasteiger partial charge in [0, 0.05) is 19.1 Å². The number of halogens is 1. The number of anilines is 2. The topological polar surface area (TPSA) is 41.1 Å². The van der Waals surface area contributed by atoms with Crippen LogP contribution in [0, 0.1) is 5.92 Å². The number of fused-ring (bicyclic) bond motifs is 1. The molecule has 3 rings (SSSR count). The van der Waals surface area contributed by atoms with E-state index < -0.39 is 0 Å². The molecule has 2 unspecified atom stereocenters. The molecule has 1 saturated carbocycles. The Bertz CT molecular complexity index is 463. The fourth-order valence-electron chi connectivity index (χ4n) is 3.69. The van der Waals surface area contributed by atoms with E-state index in [0.29, 0.717) is 17.0 Å². The van der Waals surface area contributed by atoms with Gasteiger partial charge >= 0.3 is 0 Å². The zero-order valence-electron chi connectivity index (χ0n) is 12.1. The summed E-state index contributed by atoms with van der Waals surface area (Å²) in [7, 11) is 0. The van der Waals surface area contributed by atoms with Gasteiger partial charge in [-0.05, 0) is 38.5 Å². The molecule has 4 nitrogen and oxygen atoms in total. The van der Waals surface area contributed by atoms with E-state index in [9.17, 15) is 0 Å². The molecule has 1 aliphatic heterocycles. The van der Waals surface area contributed by atoms with Gasteiger partial charge in [-0.2, -0.15) is 4.98 Å². The Morgan fingerprint density at radius 2 is 2.10 bits per heavy atom. The molecule has 2 heterocycles. The van der Waals surface area contributed by atoms with Crippen LogP contribution in [0.1, 0.15) is 45.4 Å². The first-order valence-corrected chi connectivity index (χ1v) is 8.20. The van der Waals surface area contributed by atoms with E-state index in [4.69, 9.17) is 11.6 Å². The number of nitrogens with one attached hydrogen (secondary N) is 1. The zero-order valence-corrected chi connectivity index (χ0v) is 12.9. The molecule has 2 atom stereocenters. The maximum absolute atomic E-state index is 6.37. The third kappa shape index (κ3) is 2.71. The molecule has 2 fully saturated rings. The molecular weight excluding hydrogens is 272 g/mol. The maximum Gasteiger partial charge on any atom is 0.224 e. The first-order chi connectivity index (χ1) is 9.79. The third-order valence-electron chi connectivity index (χ3n) is 4.58. The third-order valence-corrected chi connectivity index (χ3v) is 4.84. The van der Waals surface area contributed by atoms with E-state index in [-0.39, 0.29) is 0 Å². The fourth-order valence-corrected chi connectivity index (χ4v) is 3.89. The monoisotopic (exact) mass is 294 g/mol. The highest BCUT2D eigenvalue weighted by atomic mass is 35.5. The van der Waals surface area contributed by atoms with Crippen molar-refractivity contribution in [3.63, 3.8) is 0 Å². The van der Waals surface area contributed by atoms with Crippen LogP contribution in [0.4, 0.5) is 11.8 Å². The summed E-state index contributed by atoms with van der Waals surface area (Å²) in [6.07, 6.45) is 9.71. The molecule has 0 amide bonds. The van der Waals surface area contributed by atoms with E-state index in [0.717, 1.165) is 24.8 Å². The second kappa shape index (κ2) is 6.17. The average molecular weight is 295 g/mol. The van der Waals surface area contributed by atoms with E-state index in [1.165, 1.54) is 38.5 Å². The van der Waals surface area contributed by atoms with Crippen molar-refractivity contribution in [2.24, 2.45) is 5.92 Å². The maximum atomic E-state index is 6.37. The summed E-state index contributed by atoms with van der Waals surface area (Å²) in [5.41, 5.74) is 0. The molecule has 0 aromatic carbocycles. The Kier molecular flexibility index (Phi) is 4.29. The number of hydrogen-bond donors (Lipinski definition) is 1. The molecule has 1 N–H and O–H groups in total. The van der Waals surface area contributed by atoms with Crippen LogP contribution in [0.15, 0.2) is 6.20 Å². The van der Waals surface area contributed by atoms with Crippen LogP contribution in [0.3, 0.4) is 0 Å². The Labute approximate surface area is 125 Å². The number of nitrogens with zero attached hydrogens (tertiary/aromatic N) is 3. The molecule has 2 aliphatic rings. The minimum atomic E-state index is 0.624. The van der Waals surface area contributed by atoms with Crippen LogP contribution >= 0.6 is 11.6 Å². The minimum Gasteiger partial charge on any atom is -0.354 e. The molecule has 0 bridgehead atoms. The number of aromatic nitrogens is 2. The van der Waals surface area contributed by atoms with Gasteiger partial charge in [-0.3, -0.25) is 0 Å². The van der Waals surface area contributed by atoms with Gasteiger partial charge in [-0.25, -0.2) is 4.98 Å². The van der Waals surface area contributed by atoms with Crippen LogP contribution in [0.25, 0.3) is 0 Å². The van der Waals surface area contributed by atoms with E-state index in [1.807, 2.05) is 0 Å². The number of rotatable bonds is 3. The van der Waals surface area contributed by atoms with Gasteiger partial charge in [-0.15, -0.1) is 0 Å². The smallest absolute Gasteiger partial charge is 0.224 e. The summed E-state index contributed by atoms with van der Waals surface area (Å²) in [5, 5.41) is 3.86. The highest BCUT2D eigenvalue weighted by Crippen LogP contribution is 2.39. The quantitative estimate of drug-likeness (QED) is 0.922. The highest BCUT2D eigenvalue weighted by Gasteiger charge is 2.34.